The first kappa shape index (κ1) is 37.0. The average Bonchev–Trinajstić information content (AvgIpc) is 3.70. The van der Waals surface area contributed by atoms with E-state index in [1.54, 1.807) is 0 Å². The lowest BCUT2D eigenvalue weighted by molar-refractivity contribution is -0.183. The minimum absolute atomic E-state index is 0.0637. The first-order valence-electron chi connectivity index (χ1n) is 16.8. The van der Waals surface area contributed by atoms with Gasteiger partial charge in [0.25, 0.3) is 21.8 Å². The number of rotatable bonds is 11. The molecule has 280 valence electrons. The van der Waals surface area contributed by atoms with Crippen molar-refractivity contribution >= 4 is 27.7 Å². The van der Waals surface area contributed by atoms with Crippen molar-refractivity contribution in [2.45, 2.75) is 82.0 Å². The summed E-state index contributed by atoms with van der Waals surface area (Å²) in [5, 5.41) is 14.1. The van der Waals surface area contributed by atoms with Gasteiger partial charge in [0.2, 0.25) is 11.8 Å². The lowest BCUT2D eigenvalue weighted by atomic mass is 9.81. The van der Waals surface area contributed by atoms with Gasteiger partial charge in [-0.25, -0.2) is 23.3 Å². The minimum Gasteiger partial charge on any atom is -0.381 e. The zero-order chi connectivity index (χ0) is 36.6. The monoisotopic (exact) mass is 746 g/mol. The molecule has 5 heterocycles. The number of alkyl halides is 5. The Labute approximate surface area is 290 Å². The number of ether oxygens (including phenoxy) is 1. The third-order valence-corrected chi connectivity index (χ3v) is 10.4. The van der Waals surface area contributed by atoms with E-state index < -0.39 is 83.6 Å². The molecule has 2 saturated heterocycles. The molecule has 2 N–H and O–H groups in total. The largest absolute Gasteiger partial charge is 0.393 e. The van der Waals surface area contributed by atoms with Crippen molar-refractivity contribution in [3.63, 3.8) is 0 Å². The van der Waals surface area contributed by atoms with Crippen molar-refractivity contribution in [2.24, 2.45) is 17.8 Å². The number of hydrogen-bond acceptors (Lipinski definition) is 10. The number of nitrogens with one attached hydrogen (secondary N) is 2. The number of nitrogens with zero attached hydrogens (tertiary/aromatic N) is 6. The molecule has 3 fully saturated rings. The summed E-state index contributed by atoms with van der Waals surface area (Å²) in [6, 6.07) is 0.547. The van der Waals surface area contributed by atoms with Crippen LogP contribution in [0.2, 0.25) is 0 Å². The van der Waals surface area contributed by atoms with E-state index in [9.17, 15) is 40.0 Å². The predicted molar refractivity (Wildman–Crippen MR) is 168 cm³/mol. The molecule has 51 heavy (non-hydrogen) atoms. The highest BCUT2D eigenvalue weighted by Gasteiger charge is 2.45. The SMILES string of the molecule is CS(=O)(=O)OCCn1nccc1C(=O)N[C@H](c1cn2nc(C[C@H]3C[C@@H](C(F)(F)F)CNC3=O)c(C3CCOCC3)nc2n1)C1CCC(F)(F)CC1. The fourth-order valence-electron chi connectivity index (χ4n) is 7.06. The molecule has 0 aromatic carbocycles. The maximum Gasteiger partial charge on any atom is 0.393 e. The molecule has 1 aliphatic carbocycles. The van der Waals surface area contributed by atoms with Gasteiger partial charge < -0.3 is 15.4 Å². The molecule has 2 aliphatic heterocycles. The summed E-state index contributed by atoms with van der Waals surface area (Å²) >= 11 is 0. The quantitative estimate of drug-likeness (QED) is 0.219. The number of amides is 2. The lowest BCUT2D eigenvalue weighted by Crippen LogP contribution is -2.47. The van der Waals surface area contributed by atoms with Crippen LogP contribution in [0.5, 0.6) is 0 Å². The highest BCUT2D eigenvalue weighted by Crippen LogP contribution is 2.42. The number of carbonyl (C=O) groups is 2. The molecule has 14 nitrogen and oxygen atoms in total. The van der Waals surface area contributed by atoms with E-state index in [1.165, 1.54) is 27.7 Å². The maximum absolute atomic E-state index is 14.2. The third-order valence-electron chi connectivity index (χ3n) is 9.79. The molecular weight excluding hydrogens is 707 g/mol. The van der Waals surface area contributed by atoms with E-state index in [0.717, 1.165) is 6.26 Å². The Kier molecular flexibility index (Phi) is 10.7. The zero-order valence-electron chi connectivity index (χ0n) is 27.7. The lowest BCUT2D eigenvalue weighted by Gasteiger charge is -2.33. The van der Waals surface area contributed by atoms with Crippen molar-refractivity contribution in [3.05, 3.63) is 41.2 Å². The van der Waals surface area contributed by atoms with Crippen molar-refractivity contribution in [2.75, 3.05) is 32.6 Å². The first-order chi connectivity index (χ1) is 24.1. The Hall–Kier alpha value is -3.78. The van der Waals surface area contributed by atoms with Crippen LogP contribution in [-0.2, 0) is 36.8 Å². The van der Waals surface area contributed by atoms with Gasteiger partial charge in [-0.3, -0.25) is 18.5 Å². The second kappa shape index (κ2) is 14.7. The summed E-state index contributed by atoms with van der Waals surface area (Å²) in [6.45, 7) is 0.0492. The molecule has 3 aliphatic rings. The fraction of sp³-hybridized carbons (Fsp3) is 0.677. The Balaban J connectivity index is 1.32. The molecule has 0 unspecified atom stereocenters. The summed E-state index contributed by atoms with van der Waals surface area (Å²) in [5.41, 5.74) is 1.21. The number of hydrogen-bond donors (Lipinski definition) is 2. The molecule has 0 bridgehead atoms. The van der Waals surface area contributed by atoms with Crippen LogP contribution in [0.4, 0.5) is 22.0 Å². The molecule has 0 radical (unpaired) electrons. The molecule has 3 atom stereocenters. The standard InChI is InChI=1S/C31H39F5N8O6S/c1-51(47,48)50-13-10-43-24(4-9-38-43)28(46)40-26(18-2-7-30(32,33)8-3-18)23-17-44-29(39-23)41-25(19-5-11-49-12-6-19)22(42-44)15-20-14-21(31(34,35)36)16-37-27(20)45/h4,9,17-21,26H,2-3,5-8,10-16H2,1H3,(H,37,45)(H,40,46)/t20-,21-,26+/m1/s1. The maximum atomic E-state index is 14.2. The van der Waals surface area contributed by atoms with Gasteiger partial charge in [0.1, 0.15) is 5.69 Å². The summed E-state index contributed by atoms with van der Waals surface area (Å²) in [6.07, 6.45) is -0.697. The molecule has 1 saturated carbocycles. The van der Waals surface area contributed by atoms with Crippen LogP contribution in [0.25, 0.3) is 5.78 Å². The summed E-state index contributed by atoms with van der Waals surface area (Å²) in [7, 11) is -3.73. The van der Waals surface area contributed by atoms with Gasteiger partial charge in [-0.2, -0.15) is 31.8 Å². The second-order valence-electron chi connectivity index (χ2n) is 13.5. The minimum atomic E-state index is -4.48. The van der Waals surface area contributed by atoms with Crippen LogP contribution >= 0.6 is 0 Å². The topological polar surface area (TPSA) is 172 Å². The van der Waals surface area contributed by atoms with E-state index in [0.29, 0.717) is 37.4 Å². The number of imidazole rings is 1. The van der Waals surface area contributed by atoms with Crippen LogP contribution in [0, 0.1) is 17.8 Å². The van der Waals surface area contributed by atoms with E-state index in [1.807, 2.05) is 0 Å². The van der Waals surface area contributed by atoms with Crippen LogP contribution < -0.4 is 10.6 Å². The predicted octanol–water partition coefficient (Wildman–Crippen LogP) is 3.34. The highest BCUT2D eigenvalue weighted by molar-refractivity contribution is 7.85. The third kappa shape index (κ3) is 9.00. The van der Waals surface area contributed by atoms with Gasteiger partial charge in [-0.05, 0) is 44.1 Å². The Morgan fingerprint density at radius 3 is 2.59 bits per heavy atom. The van der Waals surface area contributed by atoms with Crippen LogP contribution in [0.1, 0.15) is 84.5 Å². The van der Waals surface area contributed by atoms with Gasteiger partial charge in [0.15, 0.2) is 0 Å². The van der Waals surface area contributed by atoms with Crippen molar-refractivity contribution in [1.82, 2.24) is 40.0 Å². The second-order valence-corrected chi connectivity index (χ2v) is 15.1. The first-order valence-corrected chi connectivity index (χ1v) is 18.6. The Bertz CT molecular complexity index is 1830. The van der Waals surface area contributed by atoms with Gasteiger partial charge in [0.05, 0.1) is 54.6 Å². The molecule has 20 heteroatoms. The normalized spacial score (nSPS) is 22.9. The summed E-state index contributed by atoms with van der Waals surface area (Å²) in [5.74, 6) is -7.13. The zero-order valence-corrected chi connectivity index (χ0v) is 28.6. The van der Waals surface area contributed by atoms with Crippen molar-refractivity contribution in [1.29, 1.82) is 0 Å². The van der Waals surface area contributed by atoms with Crippen molar-refractivity contribution in [3.8, 4) is 0 Å². The number of piperidine rings is 1. The van der Waals surface area contributed by atoms with Gasteiger partial charge >= 0.3 is 6.18 Å². The summed E-state index contributed by atoms with van der Waals surface area (Å²) < 4.78 is 105. The highest BCUT2D eigenvalue weighted by atomic mass is 32.2. The average molecular weight is 747 g/mol. The van der Waals surface area contributed by atoms with Crippen LogP contribution in [-0.4, -0.2) is 94.3 Å². The smallest absolute Gasteiger partial charge is 0.381 e. The number of fused-ring (bicyclic) bond motifs is 1. The fourth-order valence-corrected chi connectivity index (χ4v) is 7.44. The molecular formula is C31H39F5N8O6S. The van der Waals surface area contributed by atoms with E-state index in [4.69, 9.17) is 19.0 Å². The number of halogens is 5. The van der Waals surface area contributed by atoms with Gasteiger partial charge in [-0.1, -0.05) is 0 Å². The van der Waals surface area contributed by atoms with Gasteiger partial charge in [-0.15, -0.1) is 0 Å². The van der Waals surface area contributed by atoms with E-state index in [2.05, 4.69) is 20.7 Å². The van der Waals surface area contributed by atoms with E-state index >= 15 is 0 Å². The number of carbonyl (C=O) groups excluding carboxylic acids is 2. The molecule has 6 rings (SSSR count). The van der Waals surface area contributed by atoms with Crippen molar-refractivity contribution < 1.29 is 48.9 Å². The van der Waals surface area contributed by atoms with Crippen LogP contribution in [0.3, 0.4) is 0 Å². The molecule has 3 aromatic heterocycles. The summed E-state index contributed by atoms with van der Waals surface area (Å²) in [4.78, 5) is 35.9. The molecule has 2 amide bonds. The molecule has 0 spiro atoms. The van der Waals surface area contributed by atoms with Gasteiger partial charge in [0, 0.05) is 57.1 Å². The van der Waals surface area contributed by atoms with Crippen LogP contribution in [0.15, 0.2) is 18.5 Å². The Morgan fingerprint density at radius 1 is 1.18 bits per heavy atom. The molecule has 3 aromatic rings. The van der Waals surface area contributed by atoms with E-state index in [-0.39, 0.29) is 55.5 Å². The number of aromatic nitrogens is 6. The Morgan fingerprint density at radius 2 is 1.90 bits per heavy atom.